The van der Waals surface area contributed by atoms with Crippen molar-refractivity contribution in [3.63, 3.8) is 0 Å². The van der Waals surface area contributed by atoms with Gasteiger partial charge >= 0.3 is 0 Å². The van der Waals surface area contributed by atoms with Crippen molar-refractivity contribution in [1.29, 1.82) is 0 Å². The van der Waals surface area contributed by atoms with Crippen LogP contribution < -0.4 is 95.0 Å². The summed E-state index contributed by atoms with van der Waals surface area (Å²) in [5.41, 5.74) is 37.5. The molecule has 0 saturated carbocycles. The maximum absolute atomic E-state index is 2.65. The van der Waals surface area contributed by atoms with Crippen LogP contribution in [0.5, 0.6) is 0 Å². The van der Waals surface area contributed by atoms with E-state index in [0.29, 0.717) is 0 Å². The second-order valence-corrected chi connectivity index (χ2v) is 24.6. The van der Waals surface area contributed by atoms with Crippen LogP contribution in [0.25, 0.3) is 0 Å². The number of nitrogens with zero attached hydrogens (tertiary/aromatic N) is 6. The van der Waals surface area contributed by atoms with Crippen molar-refractivity contribution in [3.05, 3.63) is 291 Å². The summed E-state index contributed by atoms with van der Waals surface area (Å²) in [7, 11) is 0. The van der Waals surface area contributed by atoms with Crippen molar-refractivity contribution >= 4 is 195 Å². The third-order valence-electron chi connectivity index (χ3n) is 20.5. The van der Waals surface area contributed by atoms with E-state index < -0.39 is 0 Å². The van der Waals surface area contributed by atoms with Gasteiger partial charge in [-0.2, -0.15) is 0 Å². The van der Waals surface area contributed by atoms with Gasteiger partial charge in [-0.1, -0.05) is 182 Å². The molecule has 0 bridgehead atoms. The van der Waals surface area contributed by atoms with E-state index in [-0.39, 0.29) is 26.9 Å². The second-order valence-electron chi connectivity index (χ2n) is 24.6. The van der Waals surface area contributed by atoms with Crippen LogP contribution in [-0.4, -0.2) is 26.9 Å². The number of hydrogen-bond donors (Lipinski definition) is 0. The Bertz CT molecular complexity index is 4850. The average Bonchev–Trinajstić information content (AvgIpc) is 0.835. The molecule has 0 spiro atoms. The molecule has 8 aliphatic heterocycles. The molecule has 8 heterocycles. The Morgan fingerprint density at radius 3 is 0.625 bits per heavy atom. The van der Waals surface area contributed by atoms with Crippen molar-refractivity contribution in [1.82, 2.24) is 0 Å². The summed E-state index contributed by atoms with van der Waals surface area (Å²) >= 11 is 0. The Kier molecular flexibility index (Phi) is 9.28. The lowest BCUT2D eigenvalue weighted by atomic mass is 9.27. The van der Waals surface area contributed by atoms with Crippen molar-refractivity contribution in [3.8, 4) is 0 Å². The molecule has 13 aromatic rings. The molecular formula is C78H48B4N6. The average molecular weight is 1110 g/mol. The molecule has 6 nitrogen and oxygen atoms in total. The monoisotopic (exact) mass is 1110 g/mol. The summed E-state index contributed by atoms with van der Waals surface area (Å²) in [4.78, 5) is 15.7. The van der Waals surface area contributed by atoms with Gasteiger partial charge in [0.25, 0.3) is 26.9 Å². The molecule has 0 unspecified atom stereocenters. The van der Waals surface area contributed by atoms with Crippen molar-refractivity contribution in [2.75, 3.05) is 29.4 Å². The van der Waals surface area contributed by atoms with Gasteiger partial charge in [-0.15, -0.1) is 0 Å². The van der Waals surface area contributed by atoms with E-state index in [1.54, 1.807) is 0 Å². The first kappa shape index (κ1) is 47.2. The summed E-state index contributed by atoms with van der Waals surface area (Å²) < 4.78 is 0. The molecule has 0 N–H and O–H groups in total. The maximum Gasteiger partial charge on any atom is 0.252 e. The van der Waals surface area contributed by atoms with E-state index in [2.05, 4.69) is 321 Å². The Morgan fingerprint density at radius 2 is 0.364 bits per heavy atom. The van der Waals surface area contributed by atoms with Gasteiger partial charge in [0.15, 0.2) is 0 Å². The van der Waals surface area contributed by atoms with E-state index in [0.717, 1.165) is 22.7 Å². The first-order valence-corrected chi connectivity index (χ1v) is 30.9. The first-order chi connectivity index (χ1) is 43.8. The van der Waals surface area contributed by atoms with Crippen molar-refractivity contribution < 1.29 is 0 Å². The number of fused-ring (bicyclic) bond motifs is 20. The molecule has 88 heavy (non-hydrogen) atoms. The van der Waals surface area contributed by atoms with E-state index in [4.69, 9.17) is 0 Å². The smallest absolute Gasteiger partial charge is 0.252 e. The molecule has 0 atom stereocenters. The molecule has 0 radical (unpaired) electrons. The molecular weight excluding hydrogens is 1060 g/mol. The van der Waals surface area contributed by atoms with Crippen LogP contribution in [-0.2, 0) is 0 Å². The van der Waals surface area contributed by atoms with E-state index >= 15 is 0 Å². The zero-order valence-corrected chi connectivity index (χ0v) is 47.7. The molecule has 0 fully saturated rings. The Labute approximate surface area is 512 Å². The number of hydrogen-bond acceptors (Lipinski definition) is 6. The standard InChI is InChI=1S/C78H48B4N6/c1-5-25-49(26-6-1)83-61-39-19-13-33-53(61)79-55-35-15-21-41-63(55)87-65-43-23-17-37-57(65)81-59-46-68-60(45-67(59)85(51-29-9-3-10-30-51)71-47-69(83)73(79)77(87)75(71)81)82-58-38-18-24-44-66(58)88-64-42-22-16-36-56(64)80-54-34-14-20-40-62(54)84(50-27-7-2-8-28-50)70-48-72(76(82)78(88)74(70)80)86(68)52-31-11-4-12-32-52/h1-48H. The molecule has 21 rings (SSSR count). The van der Waals surface area contributed by atoms with Crippen LogP contribution >= 0.6 is 0 Å². The minimum Gasteiger partial charge on any atom is -0.312 e. The van der Waals surface area contributed by atoms with Crippen LogP contribution in [0.3, 0.4) is 0 Å². The van der Waals surface area contributed by atoms with Gasteiger partial charge in [0.2, 0.25) is 0 Å². The number of para-hydroxylation sites is 10. The fourth-order valence-electron chi connectivity index (χ4n) is 17.4. The summed E-state index contributed by atoms with van der Waals surface area (Å²) in [6, 6.07) is 110. The molecule has 402 valence electrons. The lowest BCUT2D eigenvalue weighted by Gasteiger charge is -2.52. The number of benzene rings is 13. The van der Waals surface area contributed by atoms with Gasteiger partial charge in [0, 0.05) is 102 Å². The Morgan fingerprint density at radius 1 is 0.159 bits per heavy atom. The second kappa shape index (κ2) is 17.3. The first-order valence-electron chi connectivity index (χ1n) is 30.9. The summed E-state index contributed by atoms with van der Waals surface area (Å²) in [6.45, 7) is -0.262. The fraction of sp³-hybridized carbons (Fsp3) is 0. The Hall–Kier alpha value is -11.1. The van der Waals surface area contributed by atoms with Crippen molar-refractivity contribution in [2.24, 2.45) is 0 Å². The molecule has 0 amide bonds. The highest BCUT2D eigenvalue weighted by Crippen LogP contribution is 2.53. The van der Waals surface area contributed by atoms with Crippen LogP contribution in [0.4, 0.5) is 102 Å². The number of anilines is 18. The lowest BCUT2D eigenvalue weighted by molar-refractivity contribution is 1.22. The molecule has 8 aliphatic rings. The SMILES string of the molecule is c1ccc(N2c3ccccc3B3c4ccccc4N4c5ccccc5B5c6cc7c(cc6N(c6ccccc6)c6cc2c3c4c65)B2c3ccccc3N3c4ccccc4B4c5ccccc5N(c5ccccc5)c5cc(c2c3c54)N7c2ccccc2)cc1. The summed E-state index contributed by atoms with van der Waals surface area (Å²) in [5, 5.41) is 0. The molecule has 13 aromatic carbocycles. The van der Waals surface area contributed by atoms with Gasteiger partial charge in [-0.25, -0.2) is 0 Å². The van der Waals surface area contributed by atoms with E-state index in [1.807, 2.05) is 0 Å². The lowest BCUT2D eigenvalue weighted by Crippen LogP contribution is -2.70. The zero-order chi connectivity index (χ0) is 57.0. The maximum atomic E-state index is 2.65. The molecule has 10 heteroatoms. The minimum absolute atomic E-state index is 0.00288. The highest BCUT2D eigenvalue weighted by atomic mass is 15.2. The summed E-state index contributed by atoms with van der Waals surface area (Å²) in [6.07, 6.45) is 0. The number of rotatable bonds is 4. The van der Waals surface area contributed by atoms with E-state index in [1.165, 1.54) is 145 Å². The highest BCUT2D eigenvalue weighted by molar-refractivity contribution is 7.07. The molecule has 0 aliphatic carbocycles. The van der Waals surface area contributed by atoms with Gasteiger partial charge in [-0.3, -0.25) is 0 Å². The van der Waals surface area contributed by atoms with Crippen molar-refractivity contribution in [2.45, 2.75) is 0 Å². The van der Waals surface area contributed by atoms with Gasteiger partial charge < -0.3 is 29.4 Å². The van der Waals surface area contributed by atoms with Gasteiger partial charge in [0.05, 0.1) is 0 Å². The third kappa shape index (κ3) is 5.92. The predicted molar refractivity (Wildman–Crippen MR) is 373 cm³/mol. The van der Waals surface area contributed by atoms with Crippen LogP contribution in [0.15, 0.2) is 291 Å². The normalized spacial score (nSPS) is 14.6. The molecule has 0 aromatic heterocycles. The topological polar surface area (TPSA) is 19.4 Å². The van der Waals surface area contributed by atoms with Gasteiger partial charge in [0.1, 0.15) is 0 Å². The predicted octanol–water partition coefficient (Wildman–Crippen LogP) is 11.1. The summed E-state index contributed by atoms with van der Waals surface area (Å²) in [5.74, 6) is 0. The fourth-order valence-corrected chi connectivity index (χ4v) is 17.4. The highest BCUT2D eigenvalue weighted by Gasteiger charge is 2.55. The van der Waals surface area contributed by atoms with Crippen LogP contribution in [0, 0.1) is 0 Å². The Balaban J connectivity index is 0.906. The zero-order valence-electron chi connectivity index (χ0n) is 47.7. The van der Waals surface area contributed by atoms with Crippen LogP contribution in [0.1, 0.15) is 0 Å². The van der Waals surface area contributed by atoms with Crippen LogP contribution in [0.2, 0.25) is 0 Å². The van der Waals surface area contributed by atoms with E-state index in [9.17, 15) is 0 Å². The van der Waals surface area contributed by atoms with Gasteiger partial charge in [-0.05, 0) is 175 Å². The molecule has 0 saturated heterocycles. The minimum atomic E-state index is -0.128. The largest absolute Gasteiger partial charge is 0.312 e. The third-order valence-corrected chi connectivity index (χ3v) is 20.5. The quantitative estimate of drug-likeness (QED) is 0.162.